The van der Waals surface area contributed by atoms with Gasteiger partial charge < -0.3 is 5.32 Å². The van der Waals surface area contributed by atoms with Crippen LogP contribution in [-0.4, -0.2) is 18.5 Å². The normalized spacial score (nSPS) is 23.9. The van der Waals surface area contributed by atoms with Gasteiger partial charge in [0.25, 0.3) is 0 Å². The van der Waals surface area contributed by atoms with E-state index in [9.17, 15) is 4.79 Å². The Morgan fingerprint density at radius 1 is 1.14 bits per heavy atom. The Morgan fingerprint density at radius 3 is 2.81 bits per heavy atom. The van der Waals surface area contributed by atoms with Gasteiger partial charge in [-0.25, -0.2) is 0 Å². The fourth-order valence-corrected chi connectivity index (χ4v) is 3.52. The highest BCUT2D eigenvalue weighted by Gasteiger charge is 2.22. The molecule has 2 unspecified atom stereocenters. The van der Waals surface area contributed by atoms with Crippen LogP contribution in [0.25, 0.3) is 0 Å². The van der Waals surface area contributed by atoms with Crippen molar-refractivity contribution in [3.8, 4) is 0 Å². The van der Waals surface area contributed by atoms with Gasteiger partial charge >= 0.3 is 0 Å². The first-order valence-electron chi connectivity index (χ1n) is 8.39. The summed E-state index contributed by atoms with van der Waals surface area (Å²) in [4.78, 5) is 12.0. The van der Waals surface area contributed by atoms with E-state index in [1.54, 1.807) is 0 Å². The summed E-state index contributed by atoms with van der Waals surface area (Å²) in [7, 11) is 0. The minimum Gasteiger partial charge on any atom is -0.355 e. The molecule has 3 nitrogen and oxygen atoms in total. The van der Waals surface area contributed by atoms with Crippen molar-refractivity contribution in [3.05, 3.63) is 34.9 Å². The van der Waals surface area contributed by atoms with E-state index in [1.807, 2.05) is 0 Å². The molecule has 1 aliphatic carbocycles. The maximum atomic E-state index is 12.0. The Morgan fingerprint density at radius 2 is 1.95 bits per heavy atom. The van der Waals surface area contributed by atoms with Crippen LogP contribution in [0.5, 0.6) is 0 Å². The summed E-state index contributed by atoms with van der Waals surface area (Å²) in [6, 6.07) is 7.05. The molecule has 1 amide bonds. The van der Waals surface area contributed by atoms with Crippen LogP contribution in [0.1, 0.15) is 61.8 Å². The zero-order valence-electron chi connectivity index (χ0n) is 13.0. The second-order valence-electron chi connectivity index (χ2n) is 6.46. The number of carbonyl (C=O) groups excluding carboxylic acids is 1. The van der Waals surface area contributed by atoms with Crippen LogP contribution in [0.4, 0.5) is 0 Å². The van der Waals surface area contributed by atoms with E-state index >= 15 is 0 Å². The second-order valence-corrected chi connectivity index (χ2v) is 6.46. The van der Waals surface area contributed by atoms with Gasteiger partial charge in [-0.2, -0.15) is 0 Å². The molecule has 0 aromatic heterocycles. The molecule has 1 aliphatic heterocycles. The van der Waals surface area contributed by atoms with Gasteiger partial charge in [-0.05, 0) is 68.6 Å². The van der Waals surface area contributed by atoms with E-state index in [0.29, 0.717) is 0 Å². The molecule has 3 heteroatoms. The third-order valence-electron chi connectivity index (χ3n) is 4.86. The van der Waals surface area contributed by atoms with E-state index in [4.69, 9.17) is 0 Å². The minimum atomic E-state index is -0.0430. The zero-order chi connectivity index (χ0) is 14.7. The number of rotatable bonds is 3. The molecule has 21 heavy (non-hydrogen) atoms. The molecular formula is C18H26N2O. The molecule has 1 saturated heterocycles. The van der Waals surface area contributed by atoms with Crippen LogP contribution >= 0.6 is 0 Å². The summed E-state index contributed by atoms with van der Waals surface area (Å²) in [5.41, 5.74) is 4.34. The molecule has 1 heterocycles. The lowest BCUT2D eigenvalue weighted by Gasteiger charge is -2.23. The fraction of sp³-hybridized carbons (Fsp3) is 0.611. The standard InChI is InChI=1S/C18H26N2O/c1-13(20-17-8-4-5-11-19-18(17)21)15-10-9-14-6-2-3-7-16(14)12-15/h9-10,12-13,17,20H,2-8,11H2,1H3,(H,19,21). The zero-order valence-corrected chi connectivity index (χ0v) is 13.0. The first-order valence-corrected chi connectivity index (χ1v) is 8.39. The Hall–Kier alpha value is -1.35. The lowest BCUT2D eigenvalue weighted by atomic mass is 9.89. The van der Waals surface area contributed by atoms with Crippen LogP contribution in [0, 0.1) is 0 Å². The lowest BCUT2D eigenvalue weighted by Crippen LogP contribution is -2.43. The second kappa shape index (κ2) is 6.61. The predicted octanol–water partition coefficient (Wildman–Crippen LogP) is 2.88. The summed E-state index contributed by atoms with van der Waals surface area (Å²) in [5.74, 6) is 0.164. The molecule has 0 saturated carbocycles. The number of benzene rings is 1. The molecule has 1 aromatic carbocycles. The molecule has 2 atom stereocenters. The number of hydrogen-bond acceptors (Lipinski definition) is 2. The topological polar surface area (TPSA) is 41.1 Å². The highest BCUT2D eigenvalue weighted by atomic mass is 16.2. The Bertz CT molecular complexity index is 512. The number of fused-ring (bicyclic) bond motifs is 1. The van der Waals surface area contributed by atoms with E-state index in [-0.39, 0.29) is 18.0 Å². The van der Waals surface area contributed by atoms with Crippen molar-refractivity contribution in [1.82, 2.24) is 10.6 Å². The molecule has 3 rings (SSSR count). The van der Waals surface area contributed by atoms with Crippen molar-refractivity contribution >= 4 is 5.91 Å². The molecule has 0 spiro atoms. The third-order valence-corrected chi connectivity index (χ3v) is 4.86. The van der Waals surface area contributed by atoms with E-state index in [1.165, 1.54) is 42.4 Å². The maximum Gasteiger partial charge on any atom is 0.237 e. The SMILES string of the molecule is CC(NC1CCCCNC1=O)c1ccc2c(c1)CCCC2. The fourth-order valence-electron chi connectivity index (χ4n) is 3.52. The number of carbonyl (C=O) groups is 1. The monoisotopic (exact) mass is 286 g/mol. The summed E-state index contributed by atoms with van der Waals surface area (Å²) < 4.78 is 0. The number of hydrogen-bond donors (Lipinski definition) is 2. The summed E-state index contributed by atoms with van der Waals surface area (Å²) >= 11 is 0. The van der Waals surface area contributed by atoms with Gasteiger partial charge in [-0.15, -0.1) is 0 Å². The van der Waals surface area contributed by atoms with Gasteiger partial charge in [0.15, 0.2) is 0 Å². The Balaban J connectivity index is 1.69. The smallest absolute Gasteiger partial charge is 0.237 e. The molecule has 2 aliphatic rings. The maximum absolute atomic E-state index is 12.0. The van der Waals surface area contributed by atoms with Crippen LogP contribution in [-0.2, 0) is 17.6 Å². The van der Waals surface area contributed by atoms with Crippen LogP contribution in [0.3, 0.4) is 0 Å². The van der Waals surface area contributed by atoms with Crippen molar-refractivity contribution < 1.29 is 4.79 Å². The molecule has 114 valence electrons. The average molecular weight is 286 g/mol. The first kappa shape index (κ1) is 14.6. The minimum absolute atomic E-state index is 0.0430. The molecule has 0 radical (unpaired) electrons. The molecular weight excluding hydrogens is 260 g/mol. The Kier molecular flexibility index (Phi) is 4.59. The van der Waals surface area contributed by atoms with Gasteiger partial charge in [0.1, 0.15) is 0 Å². The molecule has 1 fully saturated rings. The van der Waals surface area contributed by atoms with Crippen molar-refractivity contribution in [2.45, 2.75) is 64.0 Å². The number of nitrogens with one attached hydrogen (secondary N) is 2. The van der Waals surface area contributed by atoms with Crippen molar-refractivity contribution in [1.29, 1.82) is 0 Å². The van der Waals surface area contributed by atoms with Crippen LogP contribution in [0.2, 0.25) is 0 Å². The van der Waals surface area contributed by atoms with Gasteiger partial charge in [0, 0.05) is 12.6 Å². The number of amides is 1. The predicted molar refractivity (Wildman–Crippen MR) is 85.3 cm³/mol. The van der Waals surface area contributed by atoms with Crippen molar-refractivity contribution in [3.63, 3.8) is 0 Å². The largest absolute Gasteiger partial charge is 0.355 e. The summed E-state index contributed by atoms with van der Waals surface area (Å²) in [6.07, 6.45) is 8.22. The van der Waals surface area contributed by atoms with E-state index < -0.39 is 0 Å². The average Bonchev–Trinajstić information content (AvgIpc) is 2.72. The lowest BCUT2D eigenvalue weighted by molar-refractivity contribution is -0.123. The quantitative estimate of drug-likeness (QED) is 0.897. The van der Waals surface area contributed by atoms with Crippen LogP contribution in [0.15, 0.2) is 18.2 Å². The van der Waals surface area contributed by atoms with Gasteiger partial charge in [0.05, 0.1) is 6.04 Å². The van der Waals surface area contributed by atoms with Crippen LogP contribution < -0.4 is 10.6 Å². The van der Waals surface area contributed by atoms with Gasteiger partial charge in [0.2, 0.25) is 5.91 Å². The molecule has 0 bridgehead atoms. The van der Waals surface area contributed by atoms with Gasteiger partial charge in [-0.1, -0.05) is 18.2 Å². The van der Waals surface area contributed by atoms with Gasteiger partial charge in [-0.3, -0.25) is 10.1 Å². The molecule has 1 aromatic rings. The summed E-state index contributed by atoms with van der Waals surface area (Å²) in [5, 5.41) is 6.52. The van der Waals surface area contributed by atoms with E-state index in [0.717, 1.165) is 25.8 Å². The highest BCUT2D eigenvalue weighted by molar-refractivity contribution is 5.81. The van der Waals surface area contributed by atoms with E-state index in [2.05, 4.69) is 35.8 Å². The highest BCUT2D eigenvalue weighted by Crippen LogP contribution is 2.25. The third kappa shape index (κ3) is 3.46. The van der Waals surface area contributed by atoms with Crippen molar-refractivity contribution in [2.75, 3.05) is 6.54 Å². The molecule has 2 N–H and O–H groups in total. The number of aryl methyl sites for hydroxylation is 2. The first-order chi connectivity index (χ1) is 10.2. The van der Waals surface area contributed by atoms with Crippen molar-refractivity contribution in [2.24, 2.45) is 0 Å². The summed E-state index contributed by atoms with van der Waals surface area (Å²) in [6.45, 7) is 2.99. The Labute approximate surface area is 127 Å².